The quantitative estimate of drug-likeness (QED) is 0.859. The van der Waals surface area contributed by atoms with E-state index in [4.69, 9.17) is 5.26 Å². The van der Waals surface area contributed by atoms with Crippen LogP contribution in [0.4, 0.5) is 0 Å². The third-order valence-electron chi connectivity index (χ3n) is 3.79. The van der Waals surface area contributed by atoms with Crippen molar-refractivity contribution in [3.63, 3.8) is 0 Å². The number of carboxylic acid groups (broad SMARTS) is 1. The third-order valence-corrected chi connectivity index (χ3v) is 3.79. The van der Waals surface area contributed by atoms with Gasteiger partial charge in [0.1, 0.15) is 11.8 Å². The van der Waals surface area contributed by atoms with E-state index in [-0.39, 0.29) is 12.2 Å². The first-order chi connectivity index (χ1) is 9.48. The van der Waals surface area contributed by atoms with E-state index in [1.807, 2.05) is 6.07 Å². The van der Waals surface area contributed by atoms with Gasteiger partial charge in [-0.1, -0.05) is 6.42 Å². The molecule has 104 valence electrons. The summed E-state index contributed by atoms with van der Waals surface area (Å²) in [6.45, 7) is 1.77. The summed E-state index contributed by atoms with van der Waals surface area (Å²) in [5, 5.41) is 20.6. The molecule has 0 aliphatic heterocycles. The molecule has 1 heterocycles. The molecular weight excluding hydrogens is 258 g/mol. The lowest BCUT2D eigenvalue weighted by molar-refractivity contribution is -0.153. The summed E-state index contributed by atoms with van der Waals surface area (Å²) >= 11 is 0. The van der Waals surface area contributed by atoms with Crippen LogP contribution in [0.3, 0.4) is 0 Å². The number of amides is 1. The van der Waals surface area contributed by atoms with Crippen LogP contribution >= 0.6 is 0 Å². The van der Waals surface area contributed by atoms with Crippen molar-refractivity contribution in [2.24, 2.45) is 5.41 Å². The summed E-state index contributed by atoms with van der Waals surface area (Å²) in [7, 11) is 0. The van der Waals surface area contributed by atoms with Gasteiger partial charge in [0, 0.05) is 6.54 Å². The minimum atomic E-state index is -0.868. The van der Waals surface area contributed by atoms with Crippen molar-refractivity contribution in [1.82, 2.24) is 10.3 Å². The van der Waals surface area contributed by atoms with Crippen LogP contribution in [0.5, 0.6) is 0 Å². The van der Waals surface area contributed by atoms with Gasteiger partial charge in [0.15, 0.2) is 0 Å². The number of hydrogen-bond acceptors (Lipinski definition) is 4. The molecule has 2 rings (SSSR count). The van der Waals surface area contributed by atoms with Gasteiger partial charge >= 0.3 is 5.97 Å². The van der Waals surface area contributed by atoms with E-state index in [1.54, 1.807) is 6.92 Å². The molecule has 6 nitrogen and oxygen atoms in total. The van der Waals surface area contributed by atoms with Crippen LogP contribution in [0.2, 0.25) is 0 Å². The molecule has 0 atom stereocenters. The molecule has 1 aliphatic carbocycles. The van der Waals surface area contributed by atoms with E-state index in [0.29, 0.717) is 24.1 Å². The number of carboxylic acids is 1. The molecule has 1 aliphatic rings. The Labute approximate surface area is 116 Å². The number of aryl methyl sites for hydroxylation is 1. The lowest BCUT2D eigenvalue weighted by Gasteiger charge is -2.37. The number of carbonyl (C=O) groups excluding carboxylic acids is 1. The van der Waals surface area contributed by atoms with Crippen molar-refractivity contribution in [2.45, 2.75) is 26.2 Å². The van der Waals surface area contributed by atoms with E-state index in [9.17, 15) is 14.7 Å². The van der Waals surface area contributed by atoms with Crippen molar-refractivity contribution in [3.8, 4) is 6.07 Å². The third kappa shape index (κ3) is 2.48. The van der Waals surface area contributed by atoms with E-state index in [2.05, 4.69) is 10.3 Å². The Hall–Kier alpha value is -2.42. The number of aromatic nitrogens is 1. The number of rotatable bonds is 4. The normalized spacial score (nSPS) is 15.8. The second-order valence-electron chi connectivity index (χ2n) is 5.06. The van der Waals surface area contributed by atoms with Crippen LogP contribution in [0.1, 0.15) is 41.0 Å². The molecule has 0 saturated heterocycles. The maximum absolute atomic E-state index is 12.0. The Morgan fingerprint density at radius 3 is 2.65 bits per heavy atom. The minimum Gasteiger partial charge on any atom is -0.481 e. The highest BCUT2D eigenvalue weighted by Gasteiger charge is 2.44. The highest BCUT2D eigenvalue weighted by atomic mass is 16.4. The summed E-state index contributed by atoms with van der Waals surface area (Å²) in [6, 6.07) is 4.98. The summed E-state index contributed by atoms with van der Waals surface area (Å²) < 4.78 is 0. The Morgan fingerprint density at radius 2 is 2.20 bits per heavy atom. The van der Waals surface area contributed by atoms with Crippen LogP contribution in [-0.2, 0) is 4.79 Å². The summed E-state index contributed by atoms with van der Waals surface area (Å²) in [5.41, 5.74) is 0.276. The fourth-order valence-corrected chi connectivity index (χ4v) is 2.22. The zero-order valence-corrected chi connectivity index (χ0v) is 11.1. The lowest BCUT2D eigenvalue weighted by atomic mass is 9.69. The molecule has 2 N–H and O–H groups in total. The van der Waals surface area contributed by atoms with E-state index in [0.717, 1.165) is 6.42 Å². The molecule has 1 aromatic rings. The molecule has 0 unspecified atom stereocenters. The maximum Gasteiger partial charge on any atom is 0.311 e. The van der Waals surface area contributed by atoms with Crippen LogP contribution in [0.25, 0.3) is 0 Å². The summed E-state index contributed by atoms with van der Waals surface area (Å²) in [4.78, 5) is 27.2. The Kier molecular flexibility index (Phi) is 3.70. The monoisotopic (exact) mass is 273 g/mol. The van der Waals surface area contributed by atoms with E-state index >= 15 is 0 Å². The lowest BCUT2D eigenvalue weighted by Crippen LogP contribution is -2.47. The first-order valence-electron chi connectivity index (χ1n) is 6.38. The largest absolute Gasteiger partial charge is 0.481 e. The highest BCUT2D eigenvalue weighted by Crippen LogP contribution is 2.40. The van der Waals surface area contributed by atoms with Crippen molar-refractivity contribution in [2.75, 3.05) is 6.54 Å². The molecule has 1 aromatic heterocycles. The van der Waals surface area contributed by atoms with Gasteiger partial charge in [-0.3, -0.25) is 9.59 Å². The Bertz CT molecular complexity index is 600. The number of pyridine rings is 1. The number of nitriles is 1. The number of nitrogens with one attached hydrogen (secondary N) is 1. The second-order valence-corrected chi connectivity index (χ2v) is 5.06. The molecule has 1 saturated carbocycles. The Balaban J connectivity index is 2.04. The standard InChI is InChI=1S/C14H15N3O3/c1-9-10(7-15)3-4-11(17-9)12(18)16-8-14(13(19)20)5-2-6-14/h3-4H,2,5-6,8H2,1H3,(H,16,18)(H,19,20). The zero-order valence-electron chi connectivity index (χ0n) is 11.1. The van der Waals surface area contributed by atoms with Crippen molar-refractivity contribution in [3.05, 3.63) is 29.1 Å². The van der Waals surface area contributed by atoms with Gasteiger partial charge in [0.25, 0.3) is 5.91 Å². The second kappa shape index (κ2) is 5.29. The minimum absolute atomic E-state index is 0.113. The van der Waals surface area contributed by atoms with Gasteiger partial charge in [-0.05, 0) is 31.9 Å². The van der Waals surface area contributed by atoms with Gasteiger partial charge < -0.3 is 10.4 Å². The van der Waals surface area contributed by atoms with E-state index < -0.39 is 17.3 Å². The average Bonchev–Trinajstić information content (AvgIpc) is 2.36. The smallest absolute Gasteiger partial charge is 0.311 e. The number of aliphatic carboxylic acids is 1. The first kappa shape index (κ1) is 14.0. The van der Waals surface area contributed by atoms with Gasteiger partial charge in [-0.15, -0.1) is 0 Å². The molecule has 20 heavy (non-hydrogen) atoms. The molecule has 0 radical (unpaired) electrons. The zero-order chi connectivity index (χ0) is 14.8. The number of hydrogen-bond donors (Lipinski definition) is 2. The fraction of sp³-hybridized carbons (Fsp3) is 0.429. The van der Waals surface area contributed by atoms with Crippen molar-refractivity contribution < 1.29 is 14.7 Å². The highest BCUT2D eigenvalue weighted by molar-refractivity contribution is 5.92. The summed E-state index contributed by atoms with van der Waals surface area (Å²) in [5.74, 6) is -1.28. The topological polar surface area (TPSA) is 103 Å². The first-order valence-corrected chi connectivity index (χ1v) is 6.38. The fourth-order valence-electron chi connectivity index (χ4n) is 2.22. The van der Waals surface area contributed by atoms with Gasteiger partial charge in [0.05, 0.1) is 16.7 Å². The molecule has 6 heteroatoms. The van der Waals surface area contributed by atoms with Crippen molar-refractivity contribution in [1.29, 1.82) is 5.26 Å². The summed E-state index contributed by atoms with van der Waals surface area (Å²) in [6.07, 6.45) is 2.04. The van der Waals surface area contributed by atoms with Gasteiger partial charge in [0.2, 0.25) is 0 Å². The molecular formula is C14H15N3O3. The maximum atomic E-state index is 12.0. The molecule has 1 fully saturated rings. The molecule has 0 spiro atoms. The number of carbonyl (C=O) groups is 2. The number of nitrogens with zero attached hydrogens (tertiary/aromatic N) is 2. The predicted octanol–water partition coefficient (Wildman–Crippen LogP) is 1.25. The van der Waals surface area contributed by atoms with Crippen LogP contribution in [0.15, 0.2) is 12.1 Å². The van der Waals surface area contributed by atoms with Gasteiger partial charge in [-0.25, -0.2) is 4.98 Å². The van der Waals surface area contributed by atoms with Crippen LogP contribution in [-0.4, -0.2) is 28.5 Å². The van der Waals surface area contributed by atoms with E-state index in [1.165, 1.54) is 12.1 Å². The Morgan fingerprint density at radius 1 is 1.50 bits per heavy atom. The molecule has 1 amide bonds. The molecule has 0 aromatic carbocycles. The van der Waals surface area contributed by atoms with Gasteiger partial charge in [-0.2, -0.15) is 5.26 Å². The average molecular weight is 273 g/mol. The van der Waals surface area contributed by atoms with Crippen LogP contribution < -0.4 is 5.32 Å². The van der Waals surface area contributed by atoms with Crippen LogP contribution in [0, 0.1) is 23.7 Å². The predicted molar refractivity (Wildman–Crippen MR) is 69.9 cm³/mol. The van der Waals surface area contributed by atoms with Crippen molar-refractivity contribution >= 4 is 11.9 Å². The SMILES string of the molecule is Cc1nc(C(=O)NCC2(C(=O)O)CCC2)ccc1C#N. The molecule has 0 bridgehead atoms.